The molecular weight excluding hydrogens is 252 g/mol. The smallest absolute Gasteiger partial charge is 0.252 e. The molecule has 1 aromatic rings. The van der Waals surface area contributed by atoms with Gasteiger partial charge in [0.05, 0.1) is 32.6 Å². The average molecular weight is 270 g/mol. The van der Waals surface area contributed by atoms with E-state index < -0.39 is 31.3 Å². The van der Waals surface area contributed by atoms with Crippen molar-refractivity contribution in [3.05, 3.63) is 23.8 Å². The van der Waals surface area contributed by atoms with Crippen LogP contribution in [0.3, 0.4) is 0 Å². The largest absolute Gasteiger partial charge is 0.495 e. The van der Waals surface area contributed by atoms with Gasteiger partial charge in [-0.15, -0.1) is 0 Å². The lowest BCUT2D eigenvalue weighted by Crippen LogP contribution is -2.57. The van der Waals surface area contributed by atoms with Crippen molar-refractivity contribution in [3.63, 3.8) is 0 Å². The summed E-state index contributed by atoms with van der Waals surface area (Å²) in [6, 6.07) is 4.43. The van der Waals surface area contributed by atoms with Gasteiger partial charge in [0, 0.05) is 5.56 Å². The maximum Gasteiger partial charge on any atom is 0.252 e. The van der Waals surface area contributed by atoms with Gasteiger partial charge >= 0.3 is 0 Å². The maximum absolute atomic E-state index is 11.9. The predicted octanol–water partition coefficient (Wildman–Crippen LogP) is -1.28. The van der Waals surface area contributed by atoms with E-state index in [1.165, 1.54) is 25.3 Å². The SMILES string of the molecule is COc1ccc(C(=O)NC(CO)(CO)CO)cc1N. The van der Waals surface area contributed by atoms with Crippen molar-refractivity contribution in [2.75, 3.05) is 32.7 Å². The van der Waals surface area contributed by atoms with Gasteiger partial charge in [-0.1, -0.05) is 0 Å². The Balaban J connectivity index is 2.92. The summed E-state index contributed by atoms with van der Waals surface area (Å²) >= 11 is 0. The second-order valence-electron chi connectivity index (χ2n) is 4.17. The molecule has 1 aromatic carbocycles. The molecule has 0 aliphatic carbocycles. The lowest BCUT2D eigenvalue weighted by molar-refractivity contribution is 0.0375. The number of aliphatic hydroxyl groups excluding tert-OH is 3. The number of methoxy groups -OCH3 is 1. The summed E-state index contributed by atoms with van der Waals surface area (Å²) in [7, 11) is 1.46. The molecule has 0 bridgehead atoms. The topological polar surface area (TPSA) is 125 Å². The number of hydrogen-bond acceptors (Lipinski definition) is 6. The highest BCUT2D eigenvalue weighted by molar-refractivity contribution is 5.96. The van der Waals surface area contributed by atoms with E-state index in [9.17, 15) is 4.79 Å². The zero-order chi connectivity index (χ0) is 14.5. The van der Waals surface area contributed by atoms with Crippen molar-refractivity contribution in [3.8, 4) is 5.75 Å². The molecule has 106 valence electrons. The molecule has 0 radical (unpaired) electrons. The first kappa shape index (κ1) is 15.2. The molecule has 0 aromatic heterocycles. The van der Waals surface area contributed by atoms with E-state index in [1.54, 1.807) is 0 Å². The molecule has 0 atom stereocenters. The van der Waals surface area contributed by atoms with Crippen LogP contribution in [-0.2, 0) is 0 Å². The summed E-state index contributed by atoms with van der Waals surface area (Å²) in [6.07, 6.45) is 0. The van der Waals surface area contributed by atoms with E-state index in [0.29, 0.717) is 5.75 Å². The molecule has 0 heterocycles. The van der Waals surface area contributed by atoms with Gasteiger partial charge in [-0.25, -0.2) is 0 Å². The molecule has 19 heavy (non-hydrogen) atoms. The van der Waals surface area contributed by atoms with Crippen LogP contribution in [0.2, 0.25) is 0 Å². The van der Waals surface area contributed by atoms with Gasteiger partial charge in [-0.05, 0) is 18.2 Å². The second-order valence-corrected chi connectivity index (χ2v) is 4.17. The Kier molecular flexibility index (Phi) is 5.11. The molecule has 0 saturated carbocycles. The van der Waals surface area contributed by atoms with Crippen LogP contribution in [0.1, 0.15) is 10.4 Å². The first-order valence-electron chi connectivity index (χ1n) is 5.60. The van der Waals surface area contributed by atoms with E-state index >= 15 is 0 Å². The third kappa shape index (κ3) is 3.34. The second kappa shape index (κ2) is 6.37. The minimum atomic E-state index is -1.47. The van der Waals surface area contributed by atoms with Gasteiger partial charge < -0.3 is 31.1 Å². The number of nitrogens with two attached hydrogens (primary N) is 1. The number of nitrogens with one attached hydrogen (secondary N) is 1. The fourth-order valence-corrected chi connectivity index (χ4v) is 1.46. The van der Waals surface area contributed by atoms with Crippen LogP contribution in [0.4, 0.5) is 5.69 Å². The van der Waals surface area contributed by atoms with E-state index in [2.05, 4.69) is 5.32 Å². The van der Waals surface area contributed by atoms with Gasteiger partial charge in [-0.3, -0.25) is 4.79 Å². The van der Waals surface area contributed by atoms with Gasteiger partial charge in [0.2, 0.25) is 0 Å². The van der Waals surface area contributed by atoms with Crippen LogP contribution in [0.5, 0.6) is 5.75 Å². The number of anilines is 1. The molecule has 7 heteroatoms. The van der Waals surface area contributed by atoms with Crippen LogP contribution in [-0.4, -0.2) is 53.7 Å². The number of amides is 1. The van der Waals surface area contributed by atoms with Crippen LogP contribution in [0, 0.1) is 0 Å². The Bertz CT molecular complexity index is 437. The molecule has 0 fully saturated rings. The summed E-state index contributed by atoms with van der Waals surface area (Å²) in [6.45, 7) is -1.76. The van der Waals surface area contributed by atoms with Crippen molar-refractivity contribution in [2.45, 2.75) is 5.54 Å². The Morgan fingerprint density at radius 2 is 1.89 bits per heavy atom. The third-order valence-electron chi connectivity index (χ3n) is 2.78. The Morgan fingerprint density at radius 1 is 1.32 bits per heavy atom. The molecular formula is C12H18N2O5. The molecule has 7 nitrogen and oxygen atoms in total. The molecule has 0 saturated heterocycles. The summed E-state index contributed by atoms with van der Waals surface area (Å²) < 4.78 is 4.97. The summed E-state index contributed by atoms with van der Waals surface area (Å²) in [4.78, 5) is 11.9. The van der Waals surface area contributed by atoms with Crippen LogP contribution in [0.15, 0.2) is 18.2 Å². The Hall–Kier alpha value is -1.83. The van der Waals surface area contributed by atoms with E-state index in [4.69, 9.17) is 25.8 Å². The number of nitrogen functional groups attached to an aromatic ring is 1. The van der Waals surface area contributed by atoms with Crippen LogP contribution in [0.25, 0.3) is 0 Å². The van der Waals surface area contributed by atoms with E-state index in [0.717, 1.165) is 0 Å². The van der Waals surface area contributed by atoms with Crippen LogP contribution < -0.4 is 15.8 Å². The fourth-order valence-electron chi connectivity index (χ4n) is 1.46. The molecule has 1 rings (SSSR count). The number of benzene rings is 1. The molecule has 0 aliphatic heterocycles. The number of hydrogen-bond donors (Lipinski definition) is 5. The minimum absolute atomic E-state index is 0.234. The number of ether oxygens (including phenoxy) is 1. The van der Waals surface area contributed by atoms with Gasteiger partial charge in [0.25, 0.3) is 5.91 Å². The summed E-state index contributed by atoms with van der Waals surface area (Å²) in [5.41, 5.74) is 4.74. The van der Waals surface area contributed by atoms with Gasteiger partial charge in [0.15, 0.2) is 0 Å². The lowest BCUT2D eigenvalue weighted by atomic mass is 10.0. The lowest BCUT2D eigenvalue weighted by Gasteiger charge is -2.28. The number of carbonyl (C=O) groups is 1. The predicted molar refractivity (Wildman–Crippen MR) is 68.9 cm³/mol. The molecule has 0 aliphatic rings. The van der Waals surface area contributed by atoms with Crippen molar-refractivity contribution in [1.29, 1.82) is 0 Å². The van der Waals surface area contributed by atoms with E-state index in [-0.39, 0.29) is 11.3 Å². The van der Waals surface area contributed by atoms with Crippen molar-refractivity contribution in [2.24, 2.45) is 0 Å². The Morgan fingerprint density at radius 3 is 2.32 bits per heavy atom. The molecule has 6 N–H and O–H groups in total. The first-order valence-corrected chi connectivity index (χ1v) is 5.60. The molecule has 1 amide bonds. The normalized spacial score (nSPS) is 11.2. The highest BCUT2D eigenvalue weighted by Crippen LogP contribution is 2.22. The van der Waals surface area contributed by atoms with Gasteiger partial charge in [-0.2, -0.15) is 0 Å². The van der Waals surface area contributed by atoms with Crippen LogP contribution >= 0.6 is 0 Å². The highest BCUT2D eigenvalue weighted by Gasteiger charge is 2.30. The van der Waals surface area contributed by atoms with Crippen molar-refractivity contribution < 1.29 is 24.9 Å². The maximum atomic E-state index is 11.9. The number of aliphatic hydroxyl groups is 3. The number of rotatable bonds is 6. The standard InChI is InChI=1S/C12H18N2O5/c1-19-10-3-2-8(4-9(10)13)11(18)14-12(5-15,6-16)7-17/h2-4,15-17H,5-7,13H2,1H3,(H,14,18). The zero-order valence-corrected chi connectivity index (χ0v) is 10.6. The highest BCUT2D eigenvalue weighted by atomic mass is 16.5. The first-order chi connectivity index (χ1) is 9.01. The van der Waals surface area contributed by atoms with Gasteiger partial charge in [0.1, 0.15) is 11.3 Å². The van der Waals surface area contributed by atoms with E-state index in [1.807, 2.05) is 0 Å². The number of carbonyl (C=O) groups excluding carboxylic acids is 1. The summed E-state index contributed by atoms with van der Waals surface area (Å²) in [5, 5.41) is 29.8. The minimum Gasteiger partial charge on any atom is -0.495 e. The zero-order valence-electron chi connectivity index (χ0n) is 10.6. The fraction of sp³-hybridized carbons (Fsp3) is 0.417. The Labute approximate surface area is 110 Å². The molecule has 0 unspecified atom stereocenters. The monoisotopic (exact) mass is 270 g/mol. The third-order valence-corrected chi connectivity index (χ3v) is 2.78. The average Bonchev–Trinajstić information content (AvgIpc) is 2.44. The summed E-state index contributed by atoms with van der Waals surface area (Å²) in [5.74, 6) is -0.124. The van der Waals surface area contributed by atoms with Crippen molar-refractivity contribution >= 4 is 11.6 Å². The quantitative estimate of drug-likeness (QED) is 0.410. The molecule has 0 spiro atoms. The van der Waals surface area contributed by atoms with Crippen molar-refractivity contribution in [1.82, 2.24) is 5.32 Å².